The Kier molecular flexibility index (Phi) is 3.49. The SMILES string of the molecule is COc1cc(C2CCCC2)ccc1C(=O)Cl. The highest BCUT2D eigenvalue weighted by Gasteiger charge is 2.19. The minimum absolute atomic E-state index is 0.450. The molecule has 0 N–H and O–H groups in total. The van der Waals surface area contributed by atoms with Gasteiger partial charge in [-0.2, -0.15) is 0 Å². The largest absolute Gasteiger partial charge is 0.496 e. The standard InChI is InChI=1S/C13H15ClO2/c1-16-12-8-10(9-4-2-3-5-9)6-7-11(12)13(14)15/h6-9H,2-5H2,1H3. The van der Waals surface area contributed by atoms with Crippen LogP contribution in [-0.2, 0) is 0 Å². The number of methoxy groups -OCH3 is 1. The summed E-state index contributed by atoms with van der Waals surface area (Å²) in [5, 5.41) is -0.463. The minimum atomic E-state index is -0.463. The van der Waals surface area contributed by atoms with E-state index >= 15 is 0 Å². The van der Waals surface area contributed by atoms with Gasteiger partial charge in [0.25, 0.3) is 5.24 Å². The molecule has 0 unspecified atom stereocenters. The number of hydrogen-bond donors (Lipinski definition) is 0. The van der Waals surface area contributed by atoms with Crippen molar-refractivity contribution in [3.63, 3.8) is 0 Å². The first-order valence-electron chi connectivity index (χ1n) is 5.60. The van der Waals surface area contributed by atoms with Gasteiger partial charge in [-0.3, -0.25) is 4.79 Å². The number of benzene rings is 1. The molecule has 0 amide bonds. The summed E-state index contributed by atoms with van der Waals surface area (Å²) in [6.07, 6.45) is 5.06. The Labute approximate surface area is 101 Å². The predicted octanol–water partition coefficient (Wildman–Crippen LogP) is 3.73. The molecule has 0 saturated heterocycles. The molecule has 0 bridgehead atoms. The summed E-state index contributed by atoms with van der Waals surface area (Å²) in [6.45, 7) is 0. The van der Waals surface area contributed by atoms with E-state index < -0.39 is 5.24 Å². The molecule has 1 aliphatic rings. The van der Waals surface area contributed by atoms with Crippen molar-refractivity contribution in [2.75, 3.05) is 7.11 Å². The molecule has 2 nitrogen and oxygen atoms in total. The van der Waals surface area contributed by atoms with Crippen molar-refractivity contribution in [1.82, 2.24) is 0 Å². The summed E-state index contributed by atoms with van der Waals surface area (Å²) in [5.41, 5.74) is 1.71. The van der Waals surface area contributed by atoms with Gasteiger partial charge in [-0.25, -0.2) is 0 Å². The first-order valence-corrected chi connectivity index (χ1v) is 5.98. The van der Waals surface area contributed by atoms with Crippen molar-refractivity contribution >= 4 is 16.8 Å². The van der Waals surface area contributed by atoms with Crippen LogP contribution in [0.25, 0.3) is 0 Å². The molecule has 0 atom stereocenters. The van der Waals surface area contributed by atoms with Crippen LogP contribution < -0.4 is 4.74 Å². The normalized spacial score (nSPS) is 16.4. The highest BCUT2D eigenvalue weighted by atomic mass is 35.5. The lowest BCUT2D eigenvalue weighted by Crippen LogP contribution is -1.99. The van der Waals surface area contributed by atoms with Gasteiger partial charge in [-0.15, -0.1) is 0 Å². The molecule has 16 heavy (non-hydrogen) atoms. The van der Waals surface area contributed by atoms with E-state index in [-0.39, 0.29) is 0 Å². The van der Waals surface area contributed by atoms with E-state index in [0.29, 0.717) is 17.2 Å². The molecule has 2 rings (SSSR count). The monoisotopic (exact) mass is 238 g/mol. The molecule has 1 aromatic rings. The van der Waals surface area contributed by atoms with Crippen molar-refractivity contribution < 1.29 is 9.53 Å². The molecule has 1 saturated carbocycles. The molecule has 86 valence electrons. The van der Waals surface area contributed by atoms with E-state index in [2.05, 4.69) is 0 Å². The van der Waals surface area contributed by atoms with E-state index in [1.54, 1.807) is 13.2 Å². The number of halogens is 1. The second-order valence-corrected chi connectivity index (χ2v) is 4.56. The first kappa shape index (κ1) is 11.5. The number of hydrogen-bond acceptors (Lipinski definition) is 2. The van der Waals surface area contributed by atoms with Crippen molar-refractivity contribution in [1.29, 1.82) is 0 Å². The second-order valence-electron chi connectivity index (χ2n) is 4.21. The molecule has 0 radical (unpaired) electrons. The van der Waals surface area contributed by atoms with Gasteiger partial charge in [0.1, 0.15) is 5.75 Å². The van der Waals surface area contributed by atoms with E-state index in [9.17, 15) is 4.79 Å². The molecule has 1 aromatic carbocycles. The van der Waals surface area contributed by atoms with Crippen LogP contribution in [0, 0.1) is 0 Å². The lowest BCUT2D eigenvalue weighted by Gasteiger charge is -2.12. The molecule has 0 aromatic heterocycles. The van der Waals surface area contributed by atoms with Crippen LogP contribution in [0.5, 0.6) is 5.75 Å². The van der Waals surface area contributed by atoms with Crippen molar-refractivity contribution in [2.45, 2.75) is 31.6 Å². The van der Waals surface area contributed by atoms with Gasteiger partial charge in [-0.05, 0) is 48.1 Å². The van der Waals surface area contributed by atoms with Crippen LogP contribution in [0.3, 0.4) is 0 Å². The van der Waals surface area contributed by atoms with E-state index in [0.717, 1.165) is 0 Å². The van der Waals surface area contributed by atoms with Gasteiger partial charge in [0.15, 0.2) is 0 Å². The maximum Gasteiger partial charge on any atom is 0.256 e. The zero-order chi connectivity index (χ0) is 11.5. The zero-order valence-corrected chi connectivity index (χ0v) is 10.1. The lowest BCUT2D eigenvalue weighted by molar-refractivity contribution is 0.107. The third-order valence-corrected chi connectivity index (χ3v) is 3.47. The quantitative estimate of drug-likeness (QED) is 0.750. The maximum atomic E-state index is 11.1. The molecular formula is C13H15ClO2. The molecule has 3 heteroatoms. The first-order chi connectivity index (χ1) is 7.72. The van der Waals surface area contributed by atoms with Crippen molar-refractivity contribution in [2.24, 2.45) is 0 Å². The summed E-state index contributed by atoms with van der Waals surface area (Å²) in [5.74, 6) is 1.21. The zero-order valence-electron chi connectivity index (χ0n) is 9.33. The van der Waals surface area contributed by atoms with Crippen molar-refractivity contribution in [3.8, 4) is 5.75 Å². The Morgan fingerprint density at radius 1 is 1.38 bits per heavy atom. The fourth-order valence-corrected chi connectivity index (χ4v) is 2.54. The summed E-state index contributed by atoms with van der Waals surface area (Å²) < 4.78 is 5.20. The number of ether oxygens (including phenoxy) is 1. The third-order valence-electron chi connectivity index (χ3n) is 3.26. The highest BCUT2D eigenvalue weighted by Crippen LogP contribution is 2.36. The van der Waals surface area contributed by atoms with Gasteiger partial charge < -0.3 is 4.74 Å². The van der Waals surface area contributed by atoms with Crippen LogP contribution in [0.2, 0.25) is 0 Å². The average molecular weight is 239 g/mol. The maximum absolute atomic E-state index is 11.1. The van der Waals surface area contributed by atoms with Gasteiger partial charge >= 0.3 is 0 Å². The summed E-state index contributed by atoms with van der Waals surface area (Å²) in [6, 6.07) is 5.71. The summed E-state index contributed by atoms with van der Waals surface area (Å²) in [7, 11) is 1.57. The molecule has 0 heterocycles. The van der Waals surface area contributed by atoms with E-state index in [4.69, 9.17) is 16.3 Å². The fourth-order valence-electron chi connectivity index (χ4n) is 2.38. The summed E-state index contributed by atoms with van der Waals surface area (Å²) >= 11 is 5.48. The Balaban J connectivity index is 2.32. The third kappa shape index (κ3) is 2.22. The average Bonchev–Trinajstić information content (AvgIpc) is 2.81. The highest BCUT2D eigenvalue weighted by molar-refractivity contribution is 6.68. The molecule has 1 fully saturated rings. The van der Waals surface area contributed by atoms with Crippen LogP contribution in [0.15, 0.2) is 18.2 Å². The predicted molar refractivity (Wildman–Crippen MR) is 64.4 cm³/mol. The second kappa shape index (κ2) is 4.88. The molecule has 0 aliphatic heterocycles. The Bertz CT molecular complexity index is 395. The number of rotatable bonds is 3. The smallest absolute Gasteiger partial charge is 0.256 e. The van der Waals surface area contributed by atoms with E-state index in [1.807, 2.05) is 12.1 Å². The number of carbonyl (C=O) groups is 1. The van der Waals surface area contributed by atoms with Gasteiger partial charge in [0.05, 0.1) is 12.7 Å². The fraction of sp³-hybridized carbons (Fsp3) is 0.462. The van der Waals surface area contributed by atoms with E-state index in [1.165, 1.54) is 31.2 Å². The molecule has 1 aliphatic carbocycles. The number of carbonyl (C=O) groups excluding carboxylic acids is 1. The van der Waals surface area contributed by atoms with Gasteiger partial charge in [-0.1, -0.05) is 18.9 Å². The Hall–Kier alpha value is -1.02. The van der Waals surface area contributed by atoms with Crippen LogP contribution in [0.4, 0.5) is 0 Å². The Morgan fingerprint density at radius 3 is 2.62 bits per heavy atom. The van der Waals surface area contributed by atoms with Gasteiger partial charge in [0, 0.05) is 0 Å². The minimum Gasteiger partial charge on any atom is -0.496 e. The molecule has 0 spiro atoms. The lowest BCUT2D eigenvalue weighted by atomic mass is 9.96. The van der Waals surface area contributed by atoms with Crippen LogP contribution >= 0.6 is 11.6 Å². The topological polar surface area (TPSA) is 26.3 Å². The van der Waals surface area contributed by atoms with Crippen molar-refractivity contribution in [3.05, 3.63) is 29.3 Å². The molecular weight excluding hydrogens is 224 g/mol. The van der Waals surface area contributed by atoms with Crippen LogP contribution in [0.1, 0.15) is 47.5 Å². The van der Waals surface area contributed by atoms with Gasteiger partial charge in [0.2, 0.25) is 0 Å². The van der Waals surface area contributed by atoms with Crippen LogP contribution in [-0.4, -0.2) is 12.4 Å². The Morgan fingerprint density at radius 2 is 2.06 bits per heavy atom. The summed E-state index contributed by atoms with van der Waals surface area (Å²) in [4.78, 5) is 11.1.